The van der Waals surface area contributed by atoms with E-state index < -0.39 is 10.0 Å². The summed E-state index contributed by atoms with van der Waals surface area (Å²) in [5, 5.41) is 6.26. The van der Waals surface area contributed by atoms with Crippen molar-refractivity contribution >= 4 is 44.0 Å². The van der Waals surface area contributed by atoms with Crippen LogP contribution < -0.4 is 10.0 Å². The number of anilines is 2. The third-order valence-corrected chi connectivity index (χ3v) is 8.25. The molecule has 0 bridgehead atoms. The Kier molecular flexibility index (Phi) is 6.15. The molecule has 3 N–H and O–H groups in total. The molecule has 172 valence electrons. The Morgan fingerprint density at radius 2 is 1.91 bits per heavy atom. The summed E-state index contributed by atoms with van der Waals surface area (Å²) in [5.74, 6) is 0.449. The van der Waals surface area contributed by atoms with E-state index in [9.17, 15) is 8.42 Å². The molecule has 0 radical (unpaired) electrons. The number of nitrogens with one attached hydrogen (secondary N) is 3. The number of nitrogens with zero attached hydrogens (tertiary/aromatic N) is 3. The van der Waals surface area contributed by atoms with Gasteiger partial charge in [-0.2, -0.15) is 4.98 Å². The Bertz CT molecular complexity index is 1360. The number of rotatable bonds is 8. The summed E-state index contributed by atoms with van der Waals surface area (Å²) >= 11 is 1.65. The lowest BCUT2D eigenvalue weighted by atomic mass is 10.2. The van der Waals surface area contributed by atoms with Crippen molar-refractivity contribution in [3.63, 3.8) is 0 Å². The lowest BCUT2D eigenvalue weighted by Gasteiger charge is -2.15. The predicted molar refractivity (Wildman–Crippen MR) is 133 cm³/mol. The Balaban J connectivity index is 1.31. The van der Waals surface area contributed by atoms with Gasteiger partial charge in [0.2, 0.25) is 16.0 Å². The number of aromatic nitrogens is 3. The Hall–Kier alpha value is -2.79. The van der Waals surface area contributed by atoms with Gasteiger partial charge in [0.1, 0.15) is 5.65 Å². The van der Waals surface area contributed by atoms with Crippen LogP contribution in [0.1, 0.15) is 18.4 Å². The highest BCUT2D eigenvalue weighted by atomic mass is 32.2. The lowest BCUT2D eigenvalue weighted by Crippen LogP contribution is -2.33. The highest BCUT2D eigenvalue weighted by molar-refractivity contribution is 7.89. The van der Waals surface area contributed by atoms with Crippen LogP contribution in [0.3, 0.4) is 0 Å². The van der Waals surface area contributed by atoms with Crippen molar-refractivity contribution < 1.29 is 8.42 Å². The van der Waals surface area contributed by atoms with Crippen molar-refractivity contribution in [2.75, 3.05) is 31.5 Å². The van der Waals surface area contributed by atoms with Gasteiger partial charge in [0.05, 0.1) is 15.5 Å². The van der Waals surface area contributed by atoms with E-state index in [1.807, 2.05) is 12.3 Å². The largest absolute Gasteiger partial charge is 0.346 e. The van der Waals surface area contributed by atoms with E-state index >= 15 is 0 Å². The van der Waals surface area contributed by atoms with E-state index in [4.69, 9.17) is 4.98 Å². The lowest BCUT2D eigenvalue weighted by molar-refractivity contribution is 0.344. The predicted octanol–water partition coefficient (Wildman–Crippen LogP) is 4.11. The zero-order valence-electron chi connectivity index (χ0n) is 18.3. The minimum absolute atomic E-state index is 0.241. The summed E-state index contributed by atoms with van der Waals surface area (Å²) in [7, 11) is -3.54. The van der Waals surface area contributed by atoms with Crippen LogP contribution in [0.2, 0.25) is 0 Å². The third-order valence-electron chi connectivity index (χ3n) is 5.72. The van der Waals surface area contributed by atoms with Crippen LogP contribution in [0.15, 0.2) is 52.9 Å². The standard InChI is InChI=1S/C23H26N6O2S2/c1-16-14-20(32-15-16)21-19-8-9-24-22(19)28-23(27-21)26-17-4-6-18(7-5-17)33(30,31)25-10-13-29-11-2-3-12-29/h4-9,14-15,25H,2-3,10-13H2,1H3,(H2,24,26,27,28). The molecule has 1 fully saturated rings. The maximum absolute atomic E-state index is 12.6. The first-order valence-electron chi connectivity index (χ1n) is 11.0. The van der Waals surface area contributed by atoms with Crippen molar-refractivity contribution in [1.82, 2.24) is 24.6 Å². The normalized spacial score (nSPS) is 14.8. The molecule has 0 unspecified atom stereocenters. The number of H-pyrrole nitrogens is 1. The SMILES string of the molecule is Cc1csc(-c2nc(Nc3ccc(S(=O)(=O)NCCN4CCCC4)cc3)nc3[nH]ccc23)c1. The summed E-state index contributed by atoms with van der Waals surface area (Å²) in [4.78, 5) is 16.0. The van der Waals surface area contributed by atoms with E-state index in [1.165, 1.54) is 18.4 Å². The molecule has 8 nitrogen and oxygen atoms in total. The minimum atomic E-state index is -3.54. The average molecular weight is 483 g/mol. The van der Waals surface area contributed by atoms with Gasteiger partial charge < -0.3 is 15.2 Å². The van der Waals surface area contributed by atoms with Crippen LogP contribution in [-0.2, 0) is 10.0 Å². The van der Waals surface area contributed by atoms with Gasteiger partial charge in [0.15, 0.2) is 0 Å². The number of hydrogen-bond acceptors (Lipinski definition) is 7. The number of aryl methyl sites for hydroxylation is 1. The molecule has 0 atom stereocenters. The number of fused-ring (bicyclic) bond motifs is 1. The van der Waals surface area contributed by atoms with E-state index in [1.54, 1.807) is 35.6 Å². The molecule has 4 aromatic rings. The van der Waals surface area contributed by atoms with Crippen LogP contribution in [0, 0.1) is 6.92 Å². The van der Waals surface area contributed by atoms with Crippen molar-refractivity contribution in [3.05, 3.63) is 53.5 Å². The van der Waals surface area contributed by atoms with Crippen LogP contribution in [0.4, 0.5) is 11.6 Å². The van der Waals surface area contributed by atoms with Crippen LogP contribution in [0.25, 0.3) is 21.6 Å². The number of hydrogen-bond donors (Lipinski definition) is 3. The summed E-state index contributed by atoms with van der Waals surface area (Å²) in [6.07, 6.45) is 4.23. The summed E-state index contributed by atoms with van der Waals surface area (Å²) < 4.78 is 27.9. The summed E-state index contributed by atoms with van der Waals surface area (Å²) in [5.41, 5.74) is 3.51. The molecule has 3 aromatic heterocycles. The summed E-state index contributed by atoms with van der Waals surface area (Å²) in [6, 6.07) is 10.7. The van der Waals surface area contributed by atoms with Gasteiger partial charge in [-0.3, -0.25) is 0 Å². The maximum atomic E-state index is 12.6. The van der Waals surface area contributed by atoms with Crippen LogP contribution in [-0.4, -0.2) is 54.4 Å². The topological polar surface area (TPSA) is 103 Å². The van der Waals surface area contributed by atoms with Gasteiger partial charge in [0.25, 0.3) is 0 Å². The molecule has 4 heterocycles. The molecule has 10 heteroatoms. The Morgan fingerprint density at radius 1 is 1.12 bits per heavy atom. The van der Waals surface area contributed by atoms with Gasteiger partial charge >= 0.3 is 0 Å². The fourth-order valence-corrected chi connectivity index (χ4v) is 5.94. The van der Waals surface area contributed by atoms with Crippen LogP contribution >= 0.6 is 11.3 Å². The fourth-order valence-electron chi connectivity index (χ4n) is 4.01. The van der Waals surface area contributed by atoms with Crippen molar-refractivity contribution in [3.8, 4) is 10.6 Å². The minimum Gasteiger partial charge on any atom is -0.346 e. The number of sulfonamides is 1. The quantitative estimate of drug-likeness (QED) is 0.349. The molecule has 1 aromatic carbocycles. The molecule has 0 aliphatic carbocycles. The molecule has 5 rings (SSSR count). The molecular weight excluding hydrogens is 456 g/mol. The molecule has 33 heavy (non-hydrogen) atoms. The van der Waals surface area contributed by atoms with E-state index in [-0.39, 0.29) is 4.90 Å². The van der Waals surface area contributed by atoms with Crippen molar-refractivity contribution in [2.45, 2.75) is 24.7 Å². The second-order valence-corrected chi connectivity index (χ2v) is 10.9. The first kappa shape index (κ1) is 22.0. The van der Waals surface area contributed by atoms with Gasteiger partial charge in [-0.15, -0.1) is 11.3 Å². The van der Waals surface area contributed by atoms with E-state index in [0.29, 0.717) is 18.2 Å². The Labute approximate surface area is 197 Å². The smallest absolute Gasteiger partial charge is 0.240 e. The second kappa shape index (κ2) is 9.22. The van der Waals surface area contributed by atoms with Crippen molar-refractivity contribution in [2.24, 2.45) is 0 Å². The van der Waals surface area contributed by atoms with Crippen molar-refractivity contribution in [1.29, 1.82) is 0 Å². The van der Waals surface area contributed by atoms with Crippen LogP contribution in [0.5, 0.6) is 0 Å². The monoisotopic (exact) mass is 482 g/mol. The third kappa shape index (κ3) is 4.93. The van der Waals surface area contributed by atoms with Gasteiger partial charge in [-0.25, -0.2) is 18.1 Å². The van der Waals surface area contributed by atoms with Gasteiger partial charge in [-0.1, -0.05) is 0 Å². The maximum Gasteiger partial charge on any atom is 0.240 e. The molecule has 0 saturated carbocycles. The first-order valence-corrected chi connectivity index (χ1v) is 13.3. The molecular formula is C23H26N6O2S2. The highest BCUT2D eigenvalue weighted by Gasteiger charge is 2.17. The zero-order valence-corrected chi connectivity index (χ0v) is 20.0. The Morgan fingerprint density at radius 3 is 2.64 bits per heavy atom. The molecule has 1 aliphatic rings. The molecule has 1 saturated heterocycles. The first-order chi connectivity index (χ1) is 16.0. The highest BCUT2D eigenvalue weighted by Crippen LogP contribution is 2.32. The molecule has 1 aliphatic heterocycles. The molecule has 0 spiro atoms. The number of thiophene rings is 1. The number of aromatic amines is 1. The second-order valence-electron chi connectivity index (χ2n) is 8.22. The molecule has 0 amide bonds. The number of likely N-dealkylation sites (tertiary alicyclic amines) is 1. The number of benzene rings is 1. The van der Waals surface area contributed by atoms with E-state index in [2.05, 4.69) is 43.3 Å². The summed E-state index contributed by atoms with van der Waals surface area (Å²) in [6.45, 7) is 5.31. The zero-order chi connectivity index (χ0) is 22.8. The average Bonchev–Trinajstić information content (AvgIpc) is 3.55. The fraction of sp³-hybridized carbons (Fsp3) is 0.304. The van der Waals surface area contributed by atoms with E-state index in [0.717, 1.165) is 41.2 Å². The van der Waals surface area contributed by atoms with Gasteiger partial charge in [0, 0.05) is 30.4 Å². The van der Waals surface area contributed by atoms with Gasteiger partial charge in [-0.05, 0) is 80.2 Å².